The normalized spacial score (nSPS) is 10.6. The van der Waals surface area contributed by atoms with Gasteiger partial charge in [0.1, 0.15) is 11.3 Å². The molecule has 1 aromatic carbocycles. The molecule has 4 nitrogen and oxygen atoms in total. The van der Waals surface area contributed by atoms with Crippen molar-refractivity contribution in [2.45, 2.75) is 46.0 Å². The van der Waals surface area contributed by atoms with Crippen LogP contribution in [0.5, 0.6) is 5.75 Å². The van der Waals surface area contributed by atoms with Gasteiger partial charge in [-0.05, 0) is 37.1 Å². The average Bonchev–Trinajstić information content (AvgIpc) is 2.55. The first-order chi connectivity index (χ1) is 10.8. The molecular formula is C18H24N2O2. The van der Waals surface area contributed by atoms with Gasteiger partial charge in [0, 0.05) is 18.0 Å². The summed E-state index contributed by atoms with van der Waals surface area (Å²) in [6.07, 6.45) is 6.33. The largest absolute Gasteiger partial charge is 0.491 e. The van der Waals surface area contributed by atoms with Crippen LogP contribution < -0.4 is 10.1 Å². The van der Waals surface area contributed by atoms with Crippen LogP contribution in [0.2, 0.25) is 0 Å². The number of carbonyl (C=O) groups excluding carboxylic acids is 1. The molecule has 1 aromatic heterocycles. The van der Waals surface area contributed by atoms with Gasteiger partial charge in [-0.15, -0.1) is 0 Å². The van der Waals surface area contributed by atoms with Gasteiger partial charge in [-0.25, -0.2) is 0 Å². The number of aromatic nitrogens is 1. The van der Waals surface area contributed by atoms with Gasteiger partial charge in [-0.3, -0.25) is 9.78 Å². The number of nitrogens with one attached hydrogen (secondary N) is 1. The van der Waals surface area contributed by atoms with Crippen LogP contribution in [-0.2, 0) is 4.79 Å². The minimum Gasteiger partial charge on any atom is -0.491 e. The fourth-order valence-corrected chi connectivity index (χ4v) is 2.25. The van der Waals surface area contributed by atoms with E-state index in [9.17, 15) is 4.79 Å². The molecule has 0 bridgehead atoms. The van der Waals surface area contributed by atoms with Crippen molar-refractivity contribution < 1.29 is 9.53 Å². The van der Waals surface area contributed by atoms with Gasteiger partial charge >= 0.3 is 0 Å². The second-order valence-electron chi connectivity index (χ2n) is 5.36. The van der Waals surface area contributed by atoms with E-state index >= 15 is 0 Å². The molecule has 4 heteroatoms. The number of hydrogen-bond donors (Lipinski definition) is 1. The topological polar surface area (TPSA) is 51.2 Å². The predicted octanol–water partition coefficient (Wildman–Crippen LogP) is 4.54. The number of unbranched alkanes of at least 4 members (excludes halogenated alkanes) is 2. The van der Waals surface area contributed by atoms with E-state index in [1.165, 1.54) is 0 Å². The van der Waals surface area contributed by atoms with E-state index in [4.69, 9.17) is 4.74 Å². The van der Waals surface area contributed by atoms with Crippen LogP contribution in [0.4, 0.5) is 5.69 Å². The van der Waals surface area contributed by atoms with Crippen molar-refractivity contribution in [1.82, 2.24) is 4.98 Å². The number of pyridine rings is 1. The molecule has 0 fully saturated rings. The number of amides is 1. The van der Waals surface area contributed by atoms with Crippen LogP contribution in [0.3, 0.4) is 0 Å². The second kappa shape index (κ2) is 8.37. The first-order valence-electron chi connectivity index (χ1n) is 8.06. The lowest BCUT2D eigenvalue weighted by molar-refractivity contribution is -0.116. The Labute approximate surface area is 131 Å². The van der Waals surface area contributed by atoms with E-state index in [0.717, 1.165) is 48.0 Å². The molecule has 1 amide bonds. The lowest BCUT2D eigenvalue weighted by Gasteiger charge is -2.12. The van der Waals surface area contributed by atoms with E-state index in [2.05, 4.69) is 24.1 Å². The number of nitrogens with zero attached hydrogens (tertiary/aromatic N) is 1. The highest BCUT2D eigenvalue weighted by atomic mass is 16.5. The number of hydrogen-bond acceptors (Lipinski definition) is 3. The molecule has 0 aliphatic carbocycles. The highest BCUT2D eigenvalue weighted by Gasteiger charge is 2.10. The Morgan fingerprint density at radius 1 is 1.18 bits per heavy atom. The third kappa shape index (κ3) is 4.20. The fraction of sp³-hybridized carbons (Fsp3) is 0.444. The van der Waals surface area contributed by atoms with Crippen molar-refractivity contribution in [3.8, 4) is 5.75 Å². The van der Waals surface area contributed by atoms with Crippen molar-refractivity contribution in [1.29, 1.82) is 0 Å². The maximum Gasteiger partial charge on any atom is 0.224 e. The first-order valence-corrected chi connectivity index (χ1v) is 8.06. The maximum absolute atomic E-state index is 11.9. The molecule has 0 saturated heterocycles. The van der Waals surface area contributed by atoms with Crippen molar-refractivity contribution in [3.05, 3.63) is 30.5 Å². The molecule has 0 atom stereocenters. The molecule has 1 heterocycles. The van der Waals surface area contributed by atoms with Gasteiger partial charge in [-0.2, -0.15) is 0 Å². The van der Waals surface area contributed by atoms with E-state index in [-0.39, 0.29) is 5.91 Å². The number of ether oxygens (including phenoxy) is 1. The summed E-state index contributed by atoms with van der Waals surface area (Å²) >= 11 is 0. The van der Waals surface area contributed by atoms with E-state index in [1.54, 1.807) is 6.20 Å². The van der Waals surface area contributed by atoms with Crippen LogP contribution in [-0.4, -0.2) is 17.5 Å². The van der Waals surface area contributed by atoms with Crippen LogP contribution in [0.1, 0.15) is 46.0 Å². The first kappa shape index (κ1) is 16.3. The minimum atomic E-state index is 0.0478. The minimum absolute atomic E-state index is 0.0478. The zero-order valence-corrected chi connectivity index (χ0v) is 13.4. The van der Waals surface area contributed by atoms with E-state index in [0.29, 0.717) is 13.0 Å². The molecule has 0 unspecified atom stereocenters. The molecule has 22 heavy (non-hydrogen) atoms. The molecule has 0 radical (unpaired) electrons. The molecule has 118 valence electrons. The standard InChI is InChI=1S/C18H24N2O2/c1-3-5-9-17(21)20-15-10-11-16(22-13-6-4-2)18-14(15)8-7-12-19-18/h7-8,10-12H,3-6,9,13H2,1-2H3,(H,20,21). The molecule has 0 spiro atoms. The summed E-state index contributed by atoms with van der Waals surface area (Å²) in [5, 5.41) is 3.90. The van der Waals surface area contributed by atoms with Gasteiger partial charge in [0.05, 0.1) is 12.3 Å². The molecule has 2 rings (SSSR count). The fourth-order valence-electron chi connectivity index (χ4n) is 2.25. The summed E-state index contributed by atoms with van der Waals surface area (Å²) in [7, 11) is 0. The number of carbonyl (C=O) groups is 1. The zero-order chi connectivity index (χ0) is 15.8. The number of anilines is 1. The Bertz CT molecular complexity index is 626. The van der Waals surface area contributed by atoms with E-state index < -0.39 is 0 Å². The monoisotopic (exact) mass is 300 g/mol. The molecule has 2 aromatic rings. The predicted molar refractivity (Wildman–Crippen MR) is 90.3 cm³/mol. The molecular weight excluding hydrogens is 276 g/mol. The smallest absolute Gasteiger partial charge is 0.224 e. The Balaban J connectivity index is 2.22. The van der Waals surface area contributed by atoms with Gasteiger partial charge in [0.15, 0.2) is 0 Å². The van der Waals surface area contributed by atoms with Gasteiger partial charge in [0.25, 0.3) is 0 Å². The third-order valence-electron chi connectivity index (χ3n) is 3.52. The van der Waals surface area contributed by atoms with Crippen molar-refractivity contribution in [2.24, 2.45) is 0 Å². The van der Waals surface area contributed by atoms with Crippen LogP contribution >= 0.6 is 0 Å². The summed E-state index contributed by atoms with van der Waals surface area (Å²) < 4.78 is 5.81. The summed E-state index contributed by atoms with van der Waals surface area (Å²) in [6, 6.07) is 7.62. The van der Waals surface area contributed by atoms with Gasteiger partial charge < -0.3 is 10.1 Å². The zero-order valence-electron chi connectivity index (χ0n) is 13.4. The summed E-state index contributed by atoms with van der Waals surface area (Å²) in [4.78, 5) is 16.4. The van der Waals surface area contributed by atoms with Gasteiger partial charge in [0.2, 0.25) is 5.91 Å². The highest BCUT2D eigenvalue weighted by molar-refractivity contribution is 6.02. The molecule has 1 N–H and O–H groups in total. The second-order valence-corrected chi connectivity index (χ2v) is 5.36. The van der Waals surface area contributed by atoms with Crippen LogP contribution in [0.15, 0.2) is 30.5 Å². The Morgan fingerprint density at radius 2 is 2.00 bits per heavy atom. The summed E-state index contributed by atoms with van der Waals surface area (Å²) in [5.41, 5.74) is 1.60. The third-order valence-corrected chi connectivity index (χ3v) is 3.52. The molecule has 0 aliphatic heterocycles. The Hall–Kier alpha value is -2.10. The van der Waals surface area contributed by atoms with Crippen molar-refractivity contribution in [3.63, 3.8) is 0 Å². The lowest BCUT2D eigenvalue weighted by atomic mass is 10.1. The number of rotatable bonds is 8. The average molecular weight is 300 g/mol. The van der Waals surface area contributed by atoms with Gasteiger partial charge in [-0.1, -0.05) is 26.7 Å². The Kier molecular flexibility index (Phi) is 6.19. The SMILES string of the molecule is CCCCOc1ccc(NC(=O)CCCC)c2cccnc12. The maximum atomic E-state index is 11.9. The van der Waals surface area contributed by atoms with E-state index in [1.807, 2.05) is 24.3 Å². The number of fused-ring (bicyclic) bond motifs is 1. The molecule has 0 saturated carbocycles. The summed E-state index contributed by atoms with van der Waals surface area (Å²) in [5.74, 6) is 0.822. The molecule has 0 aliphatic rings. The van der Waals surface area contributed by atoms with Crippen molar-refractivity contribution in [2.75, 3.05) is 11.9 Å². The van der Waals surface area contributed by atoms with Crippen molar-refractivity contribution >= 4 is 22.5 Å². The summed E-state index contributed by atoms with van der Waals surface area (Å²) in [6.45, 7) is 4.90. The lowest BCUT2D eigenvalue weighted by Crippen LogP contribution is -2.11. The quantitative estimate of drug-likeness (QED) is 0.728. The van der Waals surface area contributed by atoms with Crippen LogP contribution in [0.25, 0.3) is 10.9 Å². The Morgan fingerprint density at radius 3 is 2.77 bits per heavy atom. The van der Waals surface area contributed by atoms with Crippen LogP contribution in [0, 0.1) is 0 Å². The number of benzene rings is 1. The highest BCUT2D eigenvalue weighted by Crippen LogP contribution is 2.30.